The van der Waals surface area contributed by atoms with Crippen LogP contribution in [0, 0.1) is 5.92 Å². The molecule has 1 aromatic carbocycles. The van der Waals surface area contributed by atoms with Gasteiger partial charge >= 0.3 is 11.9 Å². The van der Waals surface area contributed by atoms with Crippen molar-refractivity contribution in [3.8, 4) is 5.75 Å². The van der Waals surface area contributed by atoms with Crippen LogP contribution in [0.3, 0.4) is 0 Å². The van der Waals surface area contributed by atoms with E-state index in [1.807, 2.05) is 6.07 Å². The molecule has 1 unspecified atom stereocenters. The second kappa shape index (κ2) is 6.26. The lowest BCUT2D eigenvalue weighted by Gasteiger charge is -2.14. The Morgan fingerprint density at radius 2 is 2.25 bits per heavy atom. The van der Waals surface area contributed by atoms with E-state index in [0.29, 0.717) is 17.9 Å². The number of halogens is 1. The Morgan fingerprint density at radius 3 is 2.90 bits per heavy atom. The first kappa shape index (κ1) is 14.8. The third kappa shape index (κ3) is 3.12. The molecular weight excluding hydrogens is 328 g/mol. The number of carbonyl (C=O) groups is 2. The molecule has 2 rings (SSSR count). The number of carbonyl (C=O) groups excluding carboxylic acids is 1. The van der Waals surface area contributed by atoms with Crippen LogP contribution in [0.1, 0.15) is 18.1 Å². The van der Waals surface area contributed by atoms with E-state index in [4.69, 9.17) is 9.47 Å². The smallest absolute Gasteiger partial charge is 0.320 e. The summed E-state index contributed by atoms with van der Waals surface area (Å²) in [5.74, 6) is -2.41. The molecule has 0 aliphatic carbocycles. The number of hydrogen-bond acceptors (Lipinski definition) is 4. The van der Waals surface area contributed by atoms with Crippen molar-refractivity contribution in [2.75, 3.05) is 13.2 Å². The summed E-state index contributed by atoms with van der Waals surface area (Å²) in [6.07, 6.45) is 0.856. The molecule has 0 radical (unpaired) electrons. The van der Waals surface area contributed by atoms with Crippen LogP contribution in [0.15, 0.2) is 16.6 Å². The number of ether oxygens (including phenoxy) is 2. The minimum Gasteiger partial charge on any atom is -0.493 e. The number of carboxylic acids is 1. The number of esters is 1. The van der Waals surface area contributed by atoms with Crippen molar-refractivity contribution in [3.05, 3.63) is 27.7 Å². The molecule has 1 atom stereocenters. The number of hydrogen-bond donors (Lipinski definition) is 1. The van der Waals surface area contributed by atoms with Gasteiger partial charge in [0.25, 0.3) is 0 Å². The van der Waals surface area contributed by atoms with Gasteiger partial charge in [-0.2, -0.15) is 0 Å². The van der Waals surface area contributed by atoms with Gasteiger partial charge in [0.2, 0.25) is 0 Å². The van der Waals surface area contributed by atoms with E-state index in [0.717, 1.165) is 16.5 Å². The summed E-state index contributed by atoms with van der Waals surface area (Å²) >= 11 is 3.39. The van der Waals surface area contributed by atoms with Crippen molar-refractivity contribution in [1.29, 1.82) is 0 Å². The summed E-state index contributed by atoms with van der Waals surface area (Å²) in [5, 5.41) is 9.20. The highest BCUT2D eigenvalue weighted by molar-refractivity contribution is 9.10. The van der Waals surface area contributed by atoms with Gasteiger partial charge in [-0.3, -0.25) is 9.59 Å². The summed E-state index contributed by atoms with van der Waals surface area (Å²) < 4.78 is 11.2. The van der Waals surface area contributed by atoms with Gasteiger partial charge in [0.15, 0.2) is 5.92 Å². The summed E-state index contributed by atoms with van der Waals surface area (Å²) in [4.78, 5) is 23.0. The first-order chi connectivity index (χ1) is 9.52. The molecule has 20 heavy (non-hydrogen) atoms. The van der Waals surface area contributed by atoms with Gasteiger partial charge in [0.1, 0.15) is 5.75 Å². The topological polar surface area (TPSA) is 72.8 Å². The Labute approximate surface area is 125 Å². The van der Waals surface area contributed by atoms with Gasteiger partial charge in [0, 0.05) is 17.3 Å². The van der Waals surface area contributed by atoms with Crippen LogP contribution in [0.4, 0.5) is 0 Å². The third-order valence-electron chi connectivity index (χ3n) is 3.12. The molecule has 6 heteroatoms. The third-order valence-corrected chi connectivity index (χ3v) is 3.58. The van der Waals surface area contributed by atoms with Crippen LogP contribution >= 0.6 is 15.9 Å². The molecule has 1 heterocycles. The predicted molar refractivity (Wildman–Crippen MR) is 74.8 cm³/mol. The Balaban J connectivity index is 2.27. The van der Waals surface area contributed by atoms with Crippen molar-refractivity contribution < 1.29 is 24.2 Å². The normalized spacial score (nSPS) is 14.3. The predicted octanol–water partition coefficient (Wildman–Crippen LogP) is 2.19. The maximum absolute atomic E-state index is 11.7. The molecule has 108 valence electrons. The lowest BCUT2D eigenvalue weighted by Crippen LogP contribution is -2.28. The largest absolute Gasteiger partial charge is 0.493 e. The summed E-state index contributed by atoms with van der Waals surface area (Å²) in [5.41, 5.74) is 1.75. The van der Waals surface area contributed by atoms with Crippen LogP contribution in [0.25, 0.3) is 0 Å². The van der Waals surface area contributed by atoms with E-state index in [2.05, 4.69) is 15.9 Å². The SMILES string of the molecule is CCOC(=O)C(Cc1cc(Br)cc2c1OCC2)C(=O)O. The second-order valence-electron chi connectivity index (χ2n) is 4.50. The minimum absolute atomic E-state index is 0.0654. The lowest BCUT2D eigenvalue weighted by atomic mass is 9.97. The maximum Gasteiger partial charge on any atom is 0.320 e. The zero-order valence-electron chi connectivity index (χ0n) is 11.0. The Morgan fingerprint density at radius 1 is 1.50 bits per heavy atom. The molecule has 0 aromatic heterocycles. The summed E-state index contributed by atoms with van der Waals surface area (Å²) in [6.45, 7) is 2.39. The molecular formula is C14H15BrO5. The fraction of sp³-hybridized carbons (Fsp3) is 0.429. The van der Waals surface area contributed by atoms with E-state index < -0.39 is 17.9 Å². The zero-order valence-corrected chi connectivity index (χ0v) is 12.6. The Kier molecular flexibility index (Phi) is 4.65. The van der Waals surface area contributed by atoms with Crippen molar-refractivity contribution in [2.24, 2.45) is 5.92 Å². The van der Waals surface area contributed by atoms with E-state index in [9.17, 15) is 14.7 Å². The standard InChI is InChI=1S/C14H15BrO5/c1-2-19-14(18)11(13(16)17)7-9-6-10(15)5-8-3-4-20-12(8)9/h5-6,11H,2-4,7H2,1H3,(H,16,17). The van der Waals surface area contributed by atoms with Crippen LogP contribution in [0.2, 0.25) is 0 Å². The molecule has 0 saturated heterocycles. The fourth-order valence-corrected chi connectivity index (χ4v) is 2.78. The highest BCUT2D eigenvalue weighted by atomic mass is 79.9. The van der Waals surface area contributed by atoms with Crippen molar-refractivity contribution in [3.63, 3.8) is 0 Å². The zero-order chi connectivity index (χ0) is 14.7. The first-order valence-corrected chi connectivity index (χ1v) is 7.15. The van der Waals surface area contributed by atoms with Gasteiger partial charge in [-0.25, -0.2) is 0 Å². The average Bonchev–Trinajstić information content (AvgIpc) is 2.83. The number of carboxylic acid groups (broad SMARTS) is 1. The van der Waals surface area contributed by atoms with Crippen LogP contribution in [0.5, 0.6) is 5.75 Å². The van der Waals surface area contributed by atoms with Gasteiger partial charge < -0.3 is 14.6 Å². The van der Waals surface area contributed by atoms with Crippen molar-refractivity contribution >= 4 is 27.9 Å². The number of rotatable bonds is 5. The molecule has 0 spiro atoms. The van der Waals surface area contributed by atoms with Crippen molar-refractivity contribution in [2.45, 2.75) is 19.8 Å². The molecule has 0 amide bonds. The number of fused-ring (bicyclic) bond motifs is 1. The van der Waals surface area contributed by atoms with E-state index in [1.54, 1.807) is 13.0 Å². The molecule has 0 bridgehead atoms. The second-order valence-corrected chi connectivity index (χ2v) is 5.41. The van der Waals surface area contributed by atoms with E-state index >= 15 is 0 Å². The van der Waals surface area contributed by atoms with Gasteiger partial charge in [-0.05, 0) is 30.2 Å². The lowest BCUT2D eigenvalue weighted by molar-refractivity contribution is -0.158. The van der Waals surface area contributed by atoms with Crippen molar-refractivity contribution in [1.82, 2.24) is 0 Å². The Hall–Kier alpha value is -1.56. The van der Waals surface area contributed by atoms with Gasteiger partial charge in [-0.1, -0.05) is 15.9 Å². The fourth-order valence-electron chi connectivity index (χ4n) is 2.23. The number of aliphatic carboxylic acids is 1. The monoisotopic (exact) mass is 342 g/mol. The van der Waals surface area contributed by atoms with Gasteiger partial charge in [0.05, 0.1) is 13.2 Å². The molecule has 1 aliphatic rings. The molecule has 1 aromatic rings. The van der Waals surface area contributed by atoms with E-state index in [1.165, 1.54) is 0 Å². The van der Waals surface area contributed by atoms with Crippen LogP contribution in [-0.4, -0.2) is 30.3 Å². The number of benzene rings is 1. The highest BCUT2D eigenvalue weighted by Gasteiger charge is 2.30. The van der Waals surface area contributed by atoms with E-state index in [-0.39, 0.29) is 13.0 Å². The molecule has 1 N–H and O–H groups in total. The van der Waals surface area contributed by atoms with Gasteiger partial charge in [-0.15, -0.1) is 0 Å². The summed E-state index contributed by atoms with van der Waals surface area (Å²) in [6, 6.07) is 3.74. The molecule has 0 saturated carbocycles. The van der Waals surface area contributed by atoms with Crippen LogP contribution < -0.4 is 4.74 Å². The average molecular weight is 343 g/mol. The first-order valence-electron chi connectivity index (χ1n) is 6.36. The molecule has 5 nitrogen and oxygen atoms in total. The quantitative estimate of drug-likeness (QED) is 0.655. The highest BCUT2D eigenvalue weighted by Crippen LogP contribution is 2.34. The Bertz CT molecular complexity index is 541. The summed E-state index contributed by atoms with van der Waals surface area (Å²) in [7, 11) is 0. The maximum atomic E-state index is 11.7. The molecule has 1 aliphatic heterocycles. The van der Waals surface area contributed by atoms with Crippen LogP contribution in [-0.2, 0) is 27.2 Å². The molecule has 0 fully saturated rings. The minimum atomic E-state index is -1.21.